The van der Waals surface area contributed by atoms with Crippen molar-refractivity contribution in [2.24, 2.45) is 0 Å². The third-order valence-electron chi connectivity index (χ3n) is 2.47. The van der Waals surface area contributed by atoms with E-state index in [1.165, 1.54) is 6.20 Å². The molecule has 0 radical (unpaired) electrons. The molecule has 1 atom stereocenters. The lowest BCUT2D eigenvalue weighted by atomic mass is 10.3. The highest BCUT2D eigenvalue weighted by Crippen LogP contribution is 2.22. The van der Waals surface area contributed by atoms with Crippen molar-refractivity contribution in [1.29, 1.82) is 0 Å². The van der Waals surface area contributed by atoms with Crippen LogP contribution in [0.25, 0.3) is 0 Å². The van der Waals surface area contributed by atoms with Crippen molar-refractivity contribution in [2.45, 2.75) is 10.6 Å². The van der Waals surface area contributed by atoms with Gasteiger partial charge < -0.3 is 4.74 Å². The maximum Gasteiger partial charge on any atom is 0.118 e. The average Bonchev–Trinajstić information content (AvgIpc) is 2.42. The molecule has 0 saturated carbocycles. The number of rotatable bonds is 4. The topological polar surface area (TPSA) is 39.2 Å². The van der Waals surface area contributed by atoms with Gasteiger partial charge in [-0.25, -0.2) is 0 Å². The molecule has 0 spiro atoms. The molecule has 0 N–H and O–H groups in total. The van der Waals surface area contributed by atoms with Gasteiger partial charge in [-0.1, -0.05) is 23.2 Å². The van der Waals surface area contributed by atoms with Gasteiger partial charge in [0.15, 0.2) is 0 Å². The normalized spacial score (nSPS) is 12.2. The summed E-state index contributed by atoms with van der Waals surface area (Å²) >= 11 is 11.8. The van der Waals surface area contributed by atoms with Crippen molar-refractivity contribution < 1.29 is 8.95 Å². The molecule has 6 heteroatoms. The summed E-state index contributed by atoms with van der Waals surface area (Å²) in [5.41, 5.74) is 0.570. The Balaban J connectivity index is 2.15. The zero-order valence-electron chi connectivity index (χ0n) is 10.1. The molecule has 2 rings (SSSR count). The Labute approximate surface area is 124 Å². The van der Waals surface area contributed by atoms with Crippen LogP contribution in [0.4, 0.5) is 0 Å². The third kappa shape index (κ3) is 3.69. The number of nitrogens with zero attached hydrogens (tertiary/aromatic N) is 1. The first-order valence-corrected chi connectivity index (χ1v) is 7.50. The third-order valence-corrected chi connectivity index (χ3v) is 4.34. The standard InChI is InChI=1S/C13H11Cl2NO2S/c1-18-10-2-4-11(5-3-10)19(17)8-13-12(15)6-9(14)7-16-13/h2-7H,8H2,1H3/t19-/m0/s1. The number of benzene rings is 1. The zero-order chi connectivity index (χ0) is 13.8. The molecule has 0 aliphatic rings. The lowest BCUT2D eigenvalue weighted by Gasteiger charge is -2.05. The summed E-state index contributed by atoms with van der Waals surface area (Å²) in [5, 5.41) is 0.887. The zero-order valence-corrected chi connectivity index (χ0v) is 12.4. The van der Waals surface area contributed by atoms with Gasteiger partial charge in [-0.05, 0) is 30.3 Å². The summed E-state index contributed by atoms with van der Waals surface area (Å²) in [7, 11) is 0.380. The minimum Gasteiger partial charge on any atom is -0.497 e. The second kappa shape index (κ2) is 6.37. The highest BCUT2D eigenvalue weighted by atomic mass is 35.5. The van der Waals surface area contributed by atoms with Crippen LogP contribution in [0.5, 0.6) is 5.75 Å². The highest BCUT2D eigenvalue weighted by Gasteiger charge is 2.10. The number of halogens is 2. The van der Waals surface area contributed by atoms with E-state index in [1.54, 1.807) is 37.4 Å². The number of pyridine rings is 1. The fraction of sp³-hybridized carbons (Fsp3) is 0.154. The van der Waals surface area contributed by atoms with Crippen molar-refractivity contribution >= 4 is 34.0 Å². The van der Waals surface area contributed by atoms with Gasteiger partial charge in [0.05, 0.1) is 39.4 Å². The molecule has 0 saturated heterocycles. The molecule has 0 aliphatic heterocycles. The van der Waals surface area contributed by atoms with Gasteiger partial charge in [0.1, 0.15) is 5.75 Å². The van der Waals surface area contributed by atoms with Gasteiger partial charge >= 0.3 is 0 Å². The molecule has 0 aliphatic carbocycles. The summed E-state index contributed by atoms with van der Waals surface area (Å²) < 4.78 is 17.2. The molecule has 2 aromatic rings. The molecule has 1 aromatic heterocycles. The molecule has 0 fully saturated rings. The number of aromatic nitrogens is 1. The molecule has 100 valence electrons. The fourth-order valence-corrected chi connectivity index (χ4v) is 3.09. The van der Waals surface area contributed by atoms with E-state index in [2.05, 4.69) is 4.98 Å². The largest absolute Gasteiger partial charge is 0.497 e. The maximum atomic E-state index is 12.2. The Morgan fingerprint density at radius 2 is 1.95 bits per heavy atom. The molecule has 0 amide bonds. The Hall–Kier alpha value is -1.10. The minimum atomic E-state index is -1.21. The smallest absolute Gasteiger partial charge is 0.118 e. The van der Waals surface area contributed by atoms with Crippen LogP contribution in [-0.2, 0) is 16.6 Å². The van der Waals surface area contributed by atoms with E-state index in [9.17, 15) is 4.21 Å². The van der Waals surface area contributed by atoms with Crippen LogP contribution >= 0.6 is 23.2 Å². The van der Waals surface area contributed by atoms with Crippen LogP contribution in [0.3, 0.4) is 0 Å². The molecule has 19 heavy (non-hydrogen) atoms. The van der Waals surface area contributed by atoms with Crippen molar-refractivity contribution in [3.8, 4) is 5.75 Å². The number of methoxy groups -OCH3 is 1. The van der Waals surface area contributed by atoms with Gasteiger partial charge in [0, 0.05) is 11.1 Å². The molecule has 1 heterocycles. The van der Waals surface area contributed by atoms with E-state index in [0.717, 1.165) is 5.75 Å². The van der Waals surface area contributed by atoms with E-state index >= 15 is 0 Å². The number of hydrogen-bond donors (Lipinski definition) is 0. The van der Waals surface area contributed by atoms with Crippen LogP contribution in [0.1, 0.15) is 5.69 Å². The monoisotopic (exact) mass is 315 g/mol. The Morgan fingerprint density at radius 1 is 1.26 bits per heavy atom. The first-order valence-electron chi connectivity index (χ1n) is 5.42. The molecular formula is C13H11Cl2NO2S. The number of hydrogen-bond acceptors (Lipinski definition) is 3. The second-order valence-electron chi connectivity index (χ2n) is 3.75. The summed E-state index contributed by atoms with van der Waals surface area (Å²) in [4.78, 5) is 4.80. The summed E-state index contributed by atoms with van der Waals surface area (Å²) in [6.07, 6.45) is 1.49. The van der Waals surface area contributed by atoms with Gasteiger partial charge in [-0.15, -0.1) is 0 Å². The Bertz CT molecular complexity index is 602. The van der Waals surface area contributed by atoms with Crippen LogP contribution < -0.4 is 4.74 Å². The fourth-order valence-electron chi connectivity index (χ4n) is 1.48. The van der Waals surface area contributed by atoms with Gasteiger partial charge in [-0.3, -0.25) is 9.19 Å². The van der Waals surface area contributed by atoms with Crippen molar-refractivity contribution in [3.63, 3.8) is 0 Å². The van der Waals surface area contributed by atoms with Gasteiger partial charge in [-0.2, -0.15) is 0 Å². The Morgan fingerprint density at radius 3 is 2.53 bits per heavy atom. The van der Waals surface area contributed by atoms with E-state index < -0.39 is 10.8 Å². The van der Waals surface area contributed by atoms with Crippen molar-refractivity contribution in [3.05, 3.63) is 52.3 Å². The average molecular weight is 316 g/mol. The SMILES string of the molecule is COc1ccc([S@@](=O)Cc2ncc(Cl)cc2Cl)cc1. The minimum absolute atomic E-state index is 0.252. The van der Waals surface area contributed by atoms with Crippen molar-refractivity contribution in [1.82, 2.24) is 4.98 Å². The quantitative estimate of drug-likeness (QED) is 0.863. The van der Waals surface area contributed by atoms with Gasteiger partial charge in [0.2, 0.25) is 0 Å². The van der Waals surface area contributed by atoms with E-state index in [1.807, 2.05) is 0 Å². The van der Waals surface area contributed by atoms with Crippen LogP contribution in [-0.4, -0.2) is 16.3 Å². The summed E-state index contributed by atoms with van der Waals surface area (Å²) in [6, 6.07) is 8.66. The molecule has 0 unspecified atom stereocenters. The first-order chi connectivity index (χ1) is 9.10. The molecule has 3 nitrogen and oxygen atoms in total. The predicted molar refractivity (Wildman–Crippen MR) is 77.4 cm³/mol. The number of ether oxygens (including phenoxy) is 1. The summed E-state index contributed by atoms with van der Waals surface area (Å²) in [6.45, 7) is 0. The molecular weight excluding hydrogens is 305 g/mol. The Kier molecular flexibility index (Phi) is 4.80. The van der Waals surface area contributed by atoms with Crippen molar-refractivity contribution in [2.75, 3.05) is 7.11 Å². The lowest BCUT2D eigenvalue weighted by Crippen LogP contribution is -1.99. The maximum absolute atomic E-state index is 12.2. The predicted octanol–water partition coefficient (Wildman–Crippen LogP) is 3.70. The van der Waals surface area contributed by atoms with Crippen LogP contribution in [0.2, 0.25) is 10.0 Å². The lowest BCUT2D eigenvalue weighted by molar-refractivity contribution is 0.414. The molecule has 0 bridgehead atoms. The second-order valence-corrected chi connectivity index (χ2v) is 6.04. The highest BCUT2D eigenvalue weighted by molar-refractivity contribution is 7.84. The first kappa shape index (κ1) is 14.3. The van der Waals surface area contributed by atoms with E-state index in [4.69, 9.17) is 27.9 Å². The van der Waals surface area contributed by atoms with Gasteiger partial charge in [0.25, 0.3) is 0 Å². The van der Waals surface area contributed by atoms with Crippen LogP contribution in [0, 0.1) is 0 Å². The van der Waals surface area contributed by atoms with E-state index in [-0.39, 0.29) is 5.75 Å². The molecule has 1 aromatic carbocycles. The van der Waals surface area contributed by atoms with E-state index in [0.29, 0.717) is 20.6 Å². The summed E-state index contributed by atoms with van der Waals surface area (Å²) in [5.74, 6) is 0.978. The van der Waals surface area contributed by atoms with Crippen LogP contribution in [0.15, 0.2) is 41.4 Å².